The summed E-state index contributed by atoms with van der Waals surface area (Å²) in [4.78, 5) is 0. The zero-order valence-electron chi connectivity index (χ0n) is 9.71. The lowest BCUT2D eigenvalue weighted by Crippen LogP contribution is -2.26. The first-order valence-electron chi connectivity index (χ1n) is 5.65. The van der Waals surface area contributed by atoms with E-state index in [1.54, 1.807) is 0 Å². The maximum atomic E-state index is 5.52. The fourth-order valence-electron chi connectivity index (χ4n) is 2.35. The minimum Gasteiger partial charge on any atom is -0.494 e. The third kappa shape index (κ3) is 1.74. The number of ether oxygens (including phenoxy) is 1. The molecule has 82 valence electrons. The van der Waals surface area contributed by atoms with E-state index >= 15 is 0 Å². The molecule has 1 aliphatic rings. The van der Waals surface area contributed by atoms with Crippen molar-refractivity contribution >= 4 is 0 Å². The second kappa shape index (κ2) is 3.86. The number of benzene rings is 1. The van der Waals surface area contributed by atoms with Crippen molar-refractivity contribution in [3.63, 3.8) is 0 Å². The Hall–Kier alpha value is -1.02. The van der Waals surface area contributed by atoms with Gasteiger partial charge in [-0.05, 0) is 44.0 Å². The van der Waals surface area contributed by atoms with Gasteiger partial charge < -0.3 is 10.1 Å². The second-order valence-corrected chi connectivity index (χ2v) is 4.29. The molecule has 15 heavy (non-hydrogen) atoms. The van der Waals surface area contributed by atoms with E-state index in [-0.39, 0.29) is 5.54 Å². The highest BCUT2D eigenvalue weighted by Crippen LogP contribution is 2.51. The largest absolute Gasteiger partial charge is 0.494 e. The number of rotatable bonds is 4. The Morgan fingerprint density at radius 1 is 1.53 bits per heavy atom. The minimum atomic E-state index is 0.201. The van der Waals surface area contributed by atoms with Gasteiger partial charge in [-0.25, -0.2) is 0 Å². The molecule has 1 aliphatic carbocycles. The molecule has 2 rings (SSSR count). The molecule has 2 heteroatoms. The van der Waals surface area contributed by atoms with Crippen LogP contribution in [0.15, 0.2) is 24.3 Å². The first-order valence-corrected chi connectivity index (χ1v) is 5.65. The summed E-state index contributed by atoms with van der Waals surface area (Å²) in [5, 5.41) is 3.43. The van der Waals surface area contributed by atoms with Gasteiger partial charge in [0.15, 0.2) is 0 Å². The third-order valence-corrected chi connectivity index (χ3v) is 3.42. The van der Waals surface area contributed by atoms with Gasteiger partial charge in [-0.15, -0.1) is 0 Å². The molecule has 2 nitrogen and oxygen atoms in total. The van der Waals surface area contributed by atoms with Crippen molar-refractivity contribution in [2.45, 2.75) is 25.8 Å². The summed E-state index contributed by atoms with van der Waals surface area (Å²) in [5.74, 6) is 1.70. The second-order valence-electron chi connectivity index (χ2n) is 4.29. The van der Waals surface area contributed by atoms with Crippen LogP contribution in [-0.4, -0.2) is 13.7 Å². The van der Waals surface area contributed by atoms with Gasteiger partial charge in [0.1, 0.15) is 5.75 Å². The van der Waals surface area contributed by atoms with Crippen LogP contribution in [0, 0.1) is 5.92 Å². The molecule has 0 aliphatic heterocycles. The molecule has 1 fully saturated rings. The molecule has 2 unspecified atom stereocenters. The molecule has 0 saturated heterocycles. The van der Waals surface area contributed by atoms with E-state index in [2.05, 4.69) is 30.4 Å². The van der Waals surface area contributed by atoms with Crippen LogP contribution < -0.4 is 10.1 Å². The summed E-state index contributed by atoms with van der Waals surface area (Å²) < 4.78 is 5.52. The van der Waals surface area contributed by atoms with Crippen molar-refractivity contribution in [1.29, 1.82) is 0 Å². The lowest BCUT2D eigenvalue weighted by Gasteiger charge is -2.17. The van der Waals surface area contributed by atoms with Crippen LogP contribution in [0.2, 0.25) is 0 Å². The average Bonchev–Trinajstić information content (AvgIpc) is 2.92. The topological polar surface area (TPSA) is 21.3 Å². The molecule has 0 aromatic heterocycles. The first-order chi connectivity index (χ1) is 7.23. The standard InChI is InChI=1S/C13H19NO/c1-4-15-12-7-5-6-11(8-12)13(14-3)9-10(13)2/h5-8,10,14H,4,9H2,1-3H3. The predicted molar refractivity (Wildman–Crippen MR) is 62.1 cm³/mol. The van der Waals surface area contributed by atoms with Gasteiger partial charge in [0, 0.05) is 5.54 Å². The van der Waals surface area contributed by atoms with Crippen LogP contribution in [0.4, 0.5) is 0 Å². The molecule has 1 aromatic carbocycles. The minimum absolute atomic E-state index is 0.201. The number of hydrogen-bond donors (Lipinski definition) is 1. The maximum absolute atomic E-state index is 5.52. The molecular weight excluding hydrogens is 186 g/mol. The quantitative estimate of drug-likeness (QED) is 0.815. The summed E-state index contributed by atoms with van der Waals surface area (Å²) in [6, 6.07) is 8.43. The van der Waals surface area contributed by atoms with E-state index in [0.717, 1.165) is 18.3 Å². The molecule has 0 radical (unpaired) electrons. The van der Waals surface area contributed by atoms with Crippen LogP contribution >= 0.6 is 0 Å². The fraction of sp³-hybridized carbons (Fsp3) is 0.538. The molecule has 0 amide bonds. The third-order valence-electron chi connectivity index (χ3n) is 3.42. The smallest absolute Gasteiger partial charge is 0.119 e. The SMILES string of the molecule is CCOc1cccc(C2(NC)CC2C)c1. The Morgan fingerprint density at radius 2 is 2.27 bits per heavy atom. The van der Waals surface area contributed by atoms with Gasteiger partial charge in [0.2, 0.25) is 0 Å². The van der Waals surface area contributed by atoms with Crippen molar-refractivity contribution in [1.82, 2.24) is 5.32 Å². The van der Waals surface area contributed by atoms with E-state index in [1.165, 1.54) is 12.0 Å². The highest BCUT2D eigenvalue weighted by atomic mass is 16.5. The summed E-state index contributed by atoms with van der Waals surface area (Å²) >= 11 is 0. The van der Waals surface area contributed by atoms with Crippen molar-refractivity contribution in [3.05, 3.63) is 29.8 Å². The highest BCUT2D eigenvalue weighted by Gasteiger charge is 2.51. The highest BCUT2D eigenvalue weighted by molar-refractivity contribution is 5.38. The zero-order valence-corrected chi connectivity index (χ0v) is 9.71. The van der Waals surface area contributed by atoms with E-state index in [0.29, 0.717) is 0 Å². The molecule has 1 aromatic rings. The Labute approximate surface area is 91.6 Å². The van der Waals surface area contributed by atoms with Crippen LogP contribution in [0.3, 0.4) is 0 Å². The summed E-state index contributed by atoms with van der Waals surface area (Å²) in [6.45, 7) is 5.02. The van der Waals surface area contributed by atoms with Gasteiger partial charge in [-0.2, -0.15) is 0 Å². The number of nitrogens with one attached hydrogen (secondary N) is 1. The molecule has 0 spiro atoms. The van der Waals surface area contributed by atoms with Crippen LogP contribution in [0.5, 0.6) is 5.75 Å². The van der Waals surface area contributed by atoms with E-state index in [4.69, 9.17) is 4.74 Å². The molecule has 0 heterocycles. The van der Waals surface area contributed by atoms with Crippen molar-refractivity contribution in [2.24, 2.45) is 5.92 Å². The van der Waals surface area contributed by atoms with E-state index in [1.807, 2.05) is 20.0 Å². The fourth-order valence-corrected chi connectivity index (χ4v) is 2.35. The Balaban J connectivity index is 2.25. The van der Waals surface area contributed by atoms with Crippen LogP contribution in [0.1, 0.15) is 25.8 Å². The van der Waals surface area contributed by atoms with Gasteiger partial charge in [0.05, 0.1) is 6.61 Å². The molecule has 1 saturated carbocycles. The molecule has 1 N–H and O–H groups in total. The van der Waals surface area contributed by atoms with E-state index < -0.39 is 0 Å². The lowest BCUT2D eigenvalue weighted by molar-refractivity contribution is 0.339. The molecular formula is C13H19NO. The van der Waals surface area contributed by atoms with Crippen molar-refractivity contribution in [2.75, 3.05) is 13.7 Å². The summed E-state index contributed by atoms with van der Waals surface area (Å²) in [7, 11) is 2.04. The molecule has 0 bridgehead atoms. The summed E-state index contributed by atoms with van der Waals surface area (Å²) in [6.07, 6.45) is 1.22. The predicted octanol–water partition coefficient (Wildman–Crippen LogP) is 2.54. The normalized spacial score (nSPS) is 28.9. The zero-order chi connectivity index (χ0) is 10.9. The number of hydrogen-bond acceptors (Lipinski definition) is 2. The van der Waals surface area contributed by atoms with Gasteiger partial charge >= 0.3 is 0 Å². The van der Waals surface area contributed by atoms with Gasteiger partial charge in [-0.1, -0.05) is 19.1 Å². The van der Waals surface area contributed by atoms with Gasteiger partial charge in [-0.3, -0.25) is 0 Å². The lowest BCUT2D eigenvalue weighted by atomic mass is 10.0. The van der Waals surface area contributed by atoms with Crippen molar-refractivity contribution < 1.29 is 4.74 Å². The van der Waals surface area contributed by atoms with Crippen molar-refractivity contribution in [3.8, 4) is 5.75 Å². The van der Waals surface area contributed by atoms with Crippen LogP contribution in [0.25, 0.3) is 0 Å². The van der Waals surface area contributed by atoms with E-state index in [9.17, 15) is 0 Å². The Kier molecular flexibility index (Phi) is 2.70. The maximum Gasteiger partial charge on any atom is 0.119 e. The van der Waals surface area contributed by atoms with Crippen LogP contribution in [-0.2, 0) is 5.54 Å². The molecule has 2 atom stereocenters. The Bertz CT molecular complexity index is 346. The average molecular weight is 205 g/mol. The van der Waals surface area contributed by atoms with Gasteiger partial charge in [0.25, 0.3) is 0 Å². The Morgan fingerprint density at radius 3 is 2.80 bits per heavy atom. The summed E-state index contributed by atoms with van der Waals surface area (Å²) in [5.41, 5.74) is 1.55. The first kappa shape index (κ1) is 10.5. The monoisotopic (exact) mass is 205 g/mol.